The Balaban J connectivity index is 1.17. The van der Waals surface area contributed by atoms with Crippen LogP contribution in [0.1, 0.15) is 96.6 Å². The summed E-state index contributed by atoms with van der Waals surface area (Å²) < 4.78 is 11.9. The number of rotatable bonds is 13. The number of fused-ring (bicyclic) bond motifs is 1. The van der Waals surface area contributed by atoms with Crippen LogP contribution in [0.25, 0.3) is 0 Å². The van der Waals surface area contributed by atoms with E-state index >= 15 is 0 Å². The molecule has 330 valence electrons. The van der Waals surface area contributed by atoms with Gasteiger partial charge >= 0.3 is 0 Å². The van der Waals surface area contributed by atoms with Crippen LogP contribution in [0, 0.1) is 29.6 Å². The Morgan fingerprint density at radius 2 is 1.52 bits per heavy atom. The highest BCUT2D eigenvalue weighted by Gasteiger charge is 2.60. The van der Waals surface area contributed by atoms with Crippen molar-refractivity contribution in [3.8, 4) is 46.0 Å². The number of phenols is 6. The van der Waals surface area contributed by atoms with Gasteiger partial charge in [0, 0.05) is 24.0 Å². The van der Waals surface area contributed by atoms with E-state index in [0.29, 0.717) is 36.8 Å². The zero-order valence-electron chi connectivity index (χ0n) is 35.3. The van der Waals surface area contributed by atoms with Crippen LogP contribution in [-0.4, -0.2) is 54.4 Å². The lowest BCUT2D eigenvalue weighted by atomic mass is 9.52. The number of ketones is 1. The maximum absolute atomic E-state index is 14.7. The fraction of sp³-hybridized carbons (Fsp3) is 0.404. The van der Waals surface area contributed by atoms with Crippen LogP contribution in [0.5, 0.6) is 46.0 Å². The van der Waals surface area contributed by atoms with Crippen LogP contribution in [0.4, 0.5) is 0 Å². The number of aromatic hydroxyl groups is 6. The van der Waals surface area contributed by atoms with Crippen molar-refractivity contribution in [1.82, 2.24) is 0 Å². The molecule has 8 atom stereocenters. The molecule has 10 rings (SSSR count). The quantitative estimate of drug-likeness (QED) is 0.0416. The summed E-state index contributed by atoms with van der Waals surface area (Å²) >= 11 is 0. The normalized spacial score (nSPS) is 25.7. The molecule has 0 heterocycles. The number of aryl methyl sites for hydroxylation is 1. The third-order valence-corrected chi connectivity index (χ3v) is 15.2. The SMILES string of the molecule is NCOc1cc(CCC(=O)[C@@H]2C[C@@H](Cc3ccc(O)cc3O)[C@H]3C[C@H]4C[C@H](C5(c6ccccc6)CCCC5)[C@H](c5cc(O)c(O)c(OCc6cccc(O)c6)c54)[C@@H]3[C@H]2O)ccc1O. The zero-order chi connectivity index (χ0) is 44.0. The number of nitrogens with two attached hydrogens (primary N) is 1. The summed E-state index contributed by atoms with van der Waals surface area (Å²) in [5, 5.41) is 78.3. The summed E-state index contributed by atoms with van der Waals surface area (Å²) in [6.45, 7) is -0.0899. The molecule has 63 heavy (non-hydrogen) atoms. The summed E-state index contributed by atoms with van der Waals surface area (Å²) in [5.41, 5.74) is 10.3. The van der Waals surface area contributed by atoms with Crippen molar-refractivity contribution >= 4 is 5.78 Å². The molecule has 3 fully saturated rings. The summed E-state index contributed by atoms with van der Waals surface area (Å²) in [4.78, 5) is 14.7. The molecule has 0 saturated heterocycles. The molecular formula is C52H57NO10. The van der Waals surface area contributed by atoms with Crippen LogP contribution < -0.4 is 15.2 Å². The third-order valence-electron chi connectivity index (χ3n) is 15.2. The predicted octanol–water partition coefficient (Wildman–Crippen LogP) is 8.57. The number of hydrogen-bond donors (Lipinski definition) is 8. The van der Waals surface area contributed by atoms with Gasteiger partial charge in [-0.25, -0.2) is 0 Å². The first-order valence-corrected chi connectivity index (χ1v) is 22.4. The molecule has 5 aliphatic carbocycles. The van der Waals surface area contributed by atoms with Gasteiger partial charge in [0.15, 0.2) is 23.0 Å². The highest BCUT2D eigenvalue weighted by atomic mass is 16.5. The summed E-state index contributed by atoms with van der Waals surface area (Å²) in [6, 6.07) is 28.6. The summed E-state index contributed by atoms with van der Waals surface area (Å²) in [5.74, 6) is -2.42. The molecule has 11 nitrogen and oxygen atoms in total. The molecule has 2 bridgehead atoms. The molecule has 3 saturated carbocycles. The minimum Gasteiger partial charge on any atom is -0.508 e. The minimum atomic E-state index is -1.05. The Labute approximate surface area is 367 Å². The van der Waals surface area contributed by atoms with E-state index in [0.717, 1.165) is 48.8 Å². The average molecular weight is 856 g/mol. The van der Waals surface area contributed by atoms with E-state index in [1.165, 1.54) is 17.7 Å². The third kappa shape index (κ3) is 7.90. The number of Topliss-reactive ketones (excluding diaryl/α,β-unsaturated/α-hetero) is 1. The van der Waals surface area contributed by atoms with E-state index in [1.54, 1.807) is 48.5 Å². The largest absolute Gasteiger partial charge is 0.508 e. The van der Waals surface area contributed by atoms with Crippen molar-refractivity contribution in [3.05, 3.63) is 130 Å². The number of aliphatic hydroxyl groups is 1. The van der Waals surface area contributed by atoms with E-state index in [2.05, 4.69) is 24.3 Å². The fourth-order valence-electron chi connectivity index (χ4n) is 12.6. The van der Waals surface area contributed by atoms with E-state index in [1.807, 2.05) is 12.1 Å². The lowest BCUT2D eigenvalue weighted by molar-refractivity contribution is -0.136. The first kappa shape index (κ1) is 42.4. The zero-order valence-corrected chi connectivity index (χ0v) is 35.3. The van der Waals surface area contributed by atoms with Gasteiger partial charge in [0.2, 0.25) is 5.75 Å². The van der Waals surface area contributed by atoms with E-state index in [-0.39, 0.29) is 107 Å². The van der Waals surface area contributed by atoms with Gasteiger partial charge in [-0.2, -0.15) is 0 Å². The van der Waals surface area contributed by atoms with Gasteiger partial charge < -0.3 is 45.2 Å². The molecule has 9 N–H and O–H groups in total. The number of hydrogen-bond acceptors (Lipinski definition) is 11. The first-order valence-electron chi connectivity index (χ1n) is 22.4. The van der Waals surface area contributed by atoms with Crippen molar-refractivity contribution in [1.29, 1.82) is 0 Å². The Morgan fingerprint density at radius 3 is 2.27 bits per heavy atom. The Kier molecular flexibility index (Phi) is 11.7. The highest BCUT2D eigenvalue weighted by molar-refractivity contribution is 5.82. The van der Waals surface area contributed by atoms with Gasteiger partial charge in [-0.1, -0.05) is 67.4 Å². The standard InChI is InChI=1S/C52H57NO10/c53-28-63-45-20-29(12-16-42(45)57)11-15-41(56)38-22-32(21-31-13-14-36(55)25-43(31)58)37-23-33-24-40(52(17-4-5-18-52)34-8-2-1-3-9-34)47(48(37)49(38)60)39-26-44(59)50(61)51(46(33)39)62-27-30-7-6-10-35(54)19-30/h1-3,6-10,12-14,16,19-20,25-26,32-33,37-38,40,47-49,54-55,57-61H,4-5,11,15,17-18,21-24,27-28,53H2/t32-,33+,37-,38+,40+,47+,48-,49+/m1/s1. The molecular weight excluding hydrogens is 799 g/mol. The minimum absolute atomic E-state index is 0.00181. The second kappa shape index (κ2) is 17.3. The van der Waals surface area contributed by atoms with Gasteiger partial charge in [0.1, 0.15) is 36.4 Å². The van der Waals surface area contributed by atoms with Gasteiger partial charge in [-0.05, 0) is 150 Å². The van der Waals surface area contributed by atoms with Crippen molar-refractivity contribution in [2.75, 3.05) is 6.73 Å². The van der Waals surface area contributed by atoms with Crippen LogP contribution >= 0.6 is 0 Å². The smallest absolute Gasteiger partial charge is 0.200 e. The van der Waals surface area contributed by atoms with Crippen molar-refractivity contribution in [2.45, 2.75) is 94.2 Å². The highest BCUT2D eigenvalue weighted by Crippen LogP contribution is 2.68. The molecule has 11 heteroatoms. The number of benzene rings is 5. The lowest BCUT2D eigenvalue weighted by Gasteiger charge is -2.52. The van der Waals surface area contributed by atoms with Crippen molar-refractivity contribution in [3.63, 3.8) is 0 Å². The van der Waals surface area contributed by atoms with Gasteiger partial charge in [0.05, 0.1) is 6.10 Å². The second-order valence-electron chi connectivity index (χ2n) is 18.5. The molecule has 0 aromatic heterocycles. The van der Waals surface area contributed by atoms with E-state index in [4.69, 9.17) is 15.2 Å². The molecule has 5 aliphatic rings. The lowest BCUT2D eigenvalue weighted by Crippen LogP contribution is -2.51. The molecule has 5 aromatic rings. The Bertz CT molecular complexity index is 2470. The van der Waals surface area contributed by atoms with Gasteiger partial charge in [-0.15, -0.1) is 0 Å². The number of phenolic OH excluding ortho intramolecular Hbond substituents is 6. The summed E-state index contributed by atoms with van der Waals surface area (Å²) in [7, 11) is 0. The van der Waals surface area contributed by atoms with E-state index in [9.17, 15) is 40.5 Å². The number of carbonyl (C=O) groups is 1. The van der Waals surface area contributed by atoms with Crippen LogP contribution in [-0.2, 0) is 29.7 Å². The molecule has 0 radical (unpaired) electrons. The second-order valence-corrected chi connectivity index (χ2v) is 18.5. The maximum atomic E-state index is 14.7. The number of ether oxygens (including phenoxy) is 2. The Hall–Kier alpha value is -5.91. The first-order chi connectivity index (χ1) is 30.4. The Morgan fingerprint density at radius 1 is 0.746 bits per heavy atom. The number of aliphatic hydroxyl groups excluding tert-OH is 1. The maximum Gasteiger partial charge on any atom is 0.200 e. The monoisotopic (exact) mass is 855 g/mol. The molecule has 0 spiro atoms. The van der Waals surface area contributed by atoms with Crippen LogP contribution in [0.2, 0.25) is 0 Å². The number of carbonyl (C=O) groups excluding carboxylic acids is 1. The molecule has 0 amide bonds. The van der Waals surface area contributed by atoms with Crippen LogP contribution in [0.15, 0.2) is 97.1 Å². The summed E-state index contributed by atoms with van der Waals surface area (Å²) in [6.07, 6.45) is 5.56. The van der Waals surface area contributed by atoms with Gasteiger partial charge in [-0.3, -0.25) is 10.5 Å². The molecule has 0 unspecified atom stereocenters. The topological polar surface area (TPSA) is 203 Å². The molecule has 5 aromatic carbocycles. The predicted molar refractivity (Wildman–Crippen MR) is 236 cm³/mol. The molecule has 0 aliphatic heterocycles. The van der Waals surface area contributed by atoms with Crippen LogP contribution in [0.3, 0.4) is 0 Å². The fourth-order valence-corrected chi connectivity index (χ4v) is 12.6. The van der Waals surface area contributed by atoms with E-state index < -0.39 is 17.9 Å². The van der Waals surface area contributed by atoms with Gasteiger partial charge in [0.25, 0.3) is 0 Å². The van der Waals surface area contributed by atoms with Crippen molar-refractivity contribution < 1.29 is 50.0 Å². The van der Waals surface area contributed by atoms with Crippen molar-refractivity contribution in [2.24, 2.45) is 35.3 Å². The average Bonchev–Trinajstić information content (AvgIpc) is 3.65.